The van der Waals surface area contributed by atoms with E-state index in [9.17, 15) is 9.59 Å². The Bertz CT molecular complexity index is 806. The minimum Gasteiger partial charge on any atom is -0.497 e. The number of ketones is 1. The first-order chi connectivity index (χ1) is 12.7. The van der Waals surface area contributed by atoms with Crippen molar-refractivity contribution in [2.45, 2.75) is 19.3 Å². The fraction of sp³-hybridized carbons (Fsp3) is 0.273. The fourth-order valence-corrected chi connectivity index (χ4v) is 3.46. The molecule has 0 aliphatic heterocycles. The normalized spacial score (nSPS) is 18.9. The van der Waals surface area contributed by atoms with Crippen LogP contribution in [0.2, 0.25) is 0 Å². The second-order valence-corrected chi connectivity index (χ2v) is 6.20. The minimum atomic E-state index is -0.341. The summed E-state index contributed by atoms with van der Waals surface area (Å²) in [6.07, 6.45) is 2.38. The molecular formula is C22H22O4. The van der Waals surface area contributed by atoms with E-state index in [-0.39, 0.29) is 23.6 Å². The molecule has 2 unspecified atom stereocenters. The van der Waals surface area contributed by atoms with Crippen LogP contribution in [0.4, 0.5) is 0 Å². The maximum atomic E-state index is 13.1. The third-order valence-electron chi connectivity index (χ3n) is 4.71. The lowest BCUT2D eigenvalue weighted by molar-refractivity contribution is -0.138. The fourth-order valence-electron chi connectivity index (χ4n) is 3.46. The molecule has 1 aliphatic rings. The van der Waals surface area contributed by atoms with Crippen LogP contribution in [0.25, 0.3) is 0 Å². The summed E-state index contributed by atoms with van der Waals surface area (Å²) >= 11 is 0. The van der Waals surface area contributed by atoms with E-state index >= 15 is 0 Å². The Morgan fingerprint density at radius 2 is 1.73 bits per heavy atom. The molecule has 3 rings (SSSR count). The van der Waals surface area contributed by atoms with Gasteiger partial charge in [-0.15, -0.1) is 0 Å². The maximum Gasteiger partial charge on any atom is 0.334 e. The first kappa shape index (κ1) is 17.9. The molecule has 134 valence electrons. The topological polar surface area (TPSA) is 52.6 Å². The van der Waals surface area contributed by atoms with Crippen molar-refractivity contribution in [1.29, 1.82) is 0 Å². The molecule has 0 spiro atoms. The van der Waals surface area contributed by atoms with Gasteiger partial charge in [-0.2, -0.15) is 0 Å². The molecule has 0 amide bonds. The minimum absolute atomic E-state index is 0.0251. The Kier molecular flexibility index (Phi) is 5.52. The summed E-state index contributed by atoms with van der Waals surface area (Å²) in [6, 6.07) is 16.8. The molecule has 0 bridgehead atoms. The number of carbonyl (C=O) groups is 2. The van der Waals surface area contributed by atoms with E-state index in [1.807, 2.05) is 36.4 Å². The summed E-state index contributed by atoms with van der Waals surface area (Å²) in [6.45, 7) is 2.10. The molecule has 0 saturated heterocycles. The van der Waals surface area contributed by atoms with Crippen LogP contribution in [0.15, 0.2) is 66.2 Å². The van der Waals surface area contributed by atoms with E-state index in [0.717, 1.165) is 5.56 Å². The summed E-state index contributed by atoms with van der Waals surface area (Å²) in [5.74, 6) is -0.212. The van der Waals surface area contributed by atoms with E-state index in [2.05, 4.69) is 0 Å². The van der Waals surface area contributed by atoms with Gasteiger partial charge in [0.1, 0.15) is 5.75 Å². The van der Waals surface area contributed by atoms with E-state index in [0.29, 0.717) is 29.9 Å². The van der Waals surface area contributed by atoms with Crippen LogP contribution in [0.1, 0.15) is 35.2 Å². The quantitative estimate of drug-likeness (QED) is 0.579. The number of hydrogen-bond acceptors (Lipinski definition) is 4. The Balaban J connectivity index is 1.92. The Morgan fingerprint density at radius 3 is 2.35 bits per heavy atom. The average Bonchev–Trinajstić information content (AvgIpc) is 3.13. The smallest absolute Gasteiger partial charge is 0.334 e. The maximum absolute atomic E-state index is 13.1. The molecule has 0 fully saturated rings. The summed E-state index contributed by atoms with van der Waals surface area (Å²) in [4.78, 5) is 25.5. The number of rotatable bonds is 6. The highest BCUT2D eigenvalue weighted by atomic mass is 16.5. The Hall–Kier alpha value is -2.88. The highest BCUT2D eigenvalue weighted by Crippen LogP contribution is 2.42. The van der Waals surface area contributed by atoms with Gasteiger partial charge in [0, 0.05) is 23.0 Å². The molecule has 0 aromatic heterocycles. The molecule has 4 nitrogen and oxygen atoms in total. The second kappa shape index (κ2) is 8.00. The van der Waals surface area contributed by atoms with Crippen LogP contribution in [0, 0.1) is 5.92 Å². The molecule has 1 aliphatic carbocycles. The van der Waals surface area contributed by atoms with Crippen molar-refractivity contribution in [3.8, 4) is 5.75 Å². The van der Waals surface area contributed by atoms with Crippen molar-refractivity contribution in [3.05, 3.63) is 77.4 Å². The zero-order valence-corrected chi connectivity index (χ0v) is 15.0. The summed E-state index contributed by atoms with van der Waals surface area (Å²) in [7, 11) is 1.59. The number of ether oxygens (including phenoxy) is 2. The van der Waals surface area contributed by atoms with E-state index in [4.69, 9.17) is 9.47 Å². The van der Waals surface area contributed by atoms with Gasteiger partial charge in [0.25, 0.3) is 0 Å². The Morgan fingerprint density at radius 1 is 1.04 bits per heavy atom. The predicted octanol–water partition coefficient (Wildman–Crippen LogP) is 4.17. The van der Waals surface area contributed by atoms with Crippen LogP contribution < -0.4 is 4.74 Å². The van der Waals surface area contributed by atoms with Gasteiger partial charge in [-0.3, -0.25) is 4.79 Å². The molecule has 2 aromatic rings. The van der Waals surface area contributed by atoms with Gasteiger partial charge in [0.2, 0.25) is 0 Å². The monoisotopic (exact) mass is 350 g/mol. The number of Topliss-reactive ketones (excluding diaryl/α,β-unsaturated/α-hetero) is 1. The van der Waals surface area contributed by atoms with Crippen molar-refractivity contribution in [2.24, 2.45) is 5.92 Å². The SMILES string of the molecule is CCOC(=O)C1=CCC(C(=O)c2ccc(OC)cc2)C1c1ccccc1. The number of allylic oxidation sites excluding steroid dienone is 1. The number of methoxy groups -OCH3 is 1. The lowest BCUT2D eigenvalue weighted by Crippen LogP contribution is -2.23. The molecule has 26 heavy (non-hydrogen) atoms. The van der Waals surface area contributed by atoms with Crippen LogP contribution in [0.5, 0.6) is 5.75 Å². The first-order valence-corrected chi connectivity index (χ1v) is 8.76. The van der Waals surface area contributed by atoms with Crippen LogP contribution in [-0.2, 0) is 9.53 Å². The second-order valence-electron chi connectivity index (χ2n) is 6.20. The number of hydrogen-bond donors (Lipinski definition) is 0. The zero-order valence-electron chi connectivity index (χ0n) is 15.0. The van der Waals surface area contributed by atoms with Crippen molar-refractivity contribution in [2.75, 3.05) is 13.7 Å². The molecular weight excluding hydrogens is 328 g/mol. The Labute approximate surface area is 153 Å². The number of esters is 1. The van der Waals surface area contributed by atoms with Gasteiger partial charge < -0.3 is 9.47 Å². The molecule has 0 N–H and O–H groups in total. The van der Waals surface area contributed by atoms with Crippen molar-refractivity contribution in [3.63, 3.8) is 0 Å². The lowest BCUT2D eigenvalue weighted by Gasteiger charge is -2.22. The van der Waals surface area contributed by atoms with Crippen molar-refractivity contribution >= 4 is 11.8 Å². The lowest BCUT2D eigenvalue weighted by atomic mass is 9.80. The van der Waals surface area contributed by atoms with Gasteiger partial charge in [0.15, 0.2) is 5.78 Å². The van der Waals surface area contributed by atoms with Gasteiger partial charge >= 0.3 is 5.97 Å². The molecule has 2 atom stereocenters. The van der Waals surface area contributed by atoms with Crippen LogP contribution >= 0.6 is 0 Å². The standard InChI is InChI=1S/C22H22O4/c1-3-26-22(24)19-14-13-18(20(19)15-7-5-4-6-8-15)21(23)16-9-11-17(25-2)12-10-16/h4-12,14,18,20H,3,13H2,1-2H3. The van der Waals surface area contributed by atoms with Gasteiger partial charge in [-0.1, -0.05) is 36.4 Å². The molecule has 2 aromatic carbocycles. The highest BCUT2D eigenvalue weighted by molar-refractivity contribution is 6.02. The summed E-state index contributed by atoms with van der Waals surface area (Å²) < 4.78 is 10.4. The average molecular weight is 350 g/mol. The third kappa shape index (κ3) is 3.54. The van der Waals surface area contributed by atoms with Gasteiger partial charge in [-0.25, -0.2) is 4.79 Å². The molecule has 0 saturated carbocycles. The first-order valence-electron chi connectivity index (χ1n) is 8.76. The number of carbonyl (C=O) groups excluding carboxylic acids is 2. The summed E-state index contributed by atoms with van der Waals surface area (Å²) in [5.41, 5.74) is 2.15. The van der Waals surface area contributed by atoms with E-state index < -0.39 is 0 Å². The zero-order chi connectivity index (χ0) is 18.5. The third-order valence-corrected chi connectivity index (χ3v) is 4.71. The summed E-state index contributed by atoms with van der Waals surface area (Å²) in [5, 5.41) is 0. The highest BCUT2D eigenvalue weighted by Gasteiger charge is 2.39. The predicted molar refractivity (Wildman–Crippen MR) is 99.3 cm³/mol. The molecule has 4 heteroatoms. The van der Waals surface area contributed by atoms with Gasteiger partial charge in [0.05, 0.1) is 13.7 Å². The van der Waals surface area contributed by atoms with Crippen LogP contribution in [0.3, 0.4) is 0 Å². The van der Waals surface area contributed by atoms with E-state index in [1.165, 1.54) is 0 Å². The molecule has 0 radical (unpaired) electrons. The van der Waals surface area contributed by atoms with Crippen LogP contribution in [-0.4, -0.2) is 25.5 Å². The molecule has 0 heterocycles. The van der Waals surface area contributed by atoms with Crippen molar-refractivity contribution in [1.82, 2.24) is 0 Å². The largest absolute Gasteiger partial charge is 0.497 e. The number of benzene rings is 2. The van der Waals surface area contributed by atoms with Gasteiger partial charge in [-0.05, 0) is 43.2 Å². The van der Waals surface area contributed by atoms with Crippen molar-refractivity contribution < 1.29 is 19.1 Å². The van der Waals surface area contributed by atoms with E-state index in [1.54, 1.807) is 38.3 Å².